The molecular formula is C18H13BrClN3O. The van der Waals surface area contributed by atoms with Gasteiger partial charge in [0.25, 0.3) is 5.91 Å². The fourth-order valence-electron chi connectivity index (χ4n) is 3.12. The van der Waals surface area contributed by atoms with Crippen molar-refractivity contribution in [3.05, 3.63) is 80.5 Å². The summed E-state index contributed by atoms with van der Waals surface area (Å²) in [5, 5.41) is 7.81. The number of hydrogen-bond donors (Lipinski definition) is 1. The number of amides is 1. The molecule has 1 aromatic heterocycles. The van der Waals surface area contributed by atoms with Crippen LogP contribution in [0, 0.1) is 6.92 Å². The molecule has 0 spiro atoms. The van der Waals surface area contributed by atoms with E-state index in [4.69, 9.17) is 11.6 Å². The summed E-state index contributed by atoms with van der Waals surface area (Å²) in [7, 11) is 0. The van der Waals surface area contributed by atoms with Gasteiger partial charge in [-0.25, -0.2) is 0 Å². The molecule has 1 aliphatic heterocycles. The van der Waals surface area contributed by atoms with E-state index in [1.54, 1.807) is 4.90 Å². The predicted octanol–water partition coefficient (Wildman–Crippen LogP) is 4.88. The number of halogens is 2. The molecule has 1 unspecified atom stereocenters. The van der Waals surface area contributed by atoms with Gasteiger partial charge in [0.1, 0.15) is 0 Å². The molecule has 2 heterocycles. The summed E-state index contributed by atoms with van der Waals surface area (Å²) in [6.45, 7) is 1.94. The minimum Gasteiger partial charge on any atom is -0.295 e. The Kier molecular flexibility index (Phi) is 3.70. The van der Waals surface area contributed by atoms with Crippen LogP contribution in [-0.2, 0) is 0 Å². The first-order valence-corrected chi connectivity index (χ1v) is 8.63. The molecule has 6 heteroatoms. The van der Waals surface area contributed by atoms with Crippen molar-refractivity contribution in [2.45, 2.75) is 13.0 Å². The van der Waals surface area contributed by atoms with Crippen molar-refractivity contribution < 1.29 is 4.79 Å². The Hall–Kier alpha value is -2.11. The second-order valence-electron chi connectivity index (χ2n) is 5.72. The van der Waals surface area contributed by atoms with Crippen LogP contribution in [-0.4, -0.2) is 16.1 Å². The molecule has 3 aromatic rings. The number of fused-ring (bicyclic) bond motifs is 1. The monoisotopic (exact) mass is 401 g/mol. The number of benzene rings is 2. The van der Waals surface area contributed by atoms with Crippen molar-refractivity contribution >= 4 is 39.1 Å². The first-order chi connectivity index (χ1) is 11.6. The molecular weight excluding hydrogens is 390 g/mol. The molecule has 1 N–H and O–H groups in total. The molecule has 2 aromatic carbocycles. The van der Waals surface area contributed by atoms with Crippen LogP contribution in [0.25, 0.3) is 0 Å². The third-order valence-corrected chi connectivity index (χ3v) is 5.02. The second-order valence-corrected chi connectivity index (χ2v) is 7.07. The molecule has 1 amide bonds. The maximum atomic E-state index is 13.0. The van der Waals surface area contributed by atoms with E-state index in [2.05, 4.69) is 26.1 Å². The van der Waals surface area contributed by atoms with E-state index in [0.29, 0.717) is 10.7 Å². The normalized spacial score (nSPS) is 16.5. The molecule has 0 radical (unpaired) electrons. The average Bonchev–Trinajstić information content (AvgIpc) is 3.09. The first-order valence-electron chi connectivity index (χ1n) is 7.45. The van der Waals surface area contributed by atoms with Crippen LogP contribution in [0.15, 0.2) is 53.0 Å². The standard InChI is InChI=1S/C18H13BrClN3O/c1-10-15-16(22-21-10)18(24)23(14-8-4-12(19)5-9-14)17(15)11-2-6-13(20)7-3-11/h2-9,17H,1H3,(H,21,22). The molecule has 0 aliphatic carbocycles. The number of H-pyrrole nitrogens is 1. The molecule has 4 nitrogen and oxygen atoms in total. The lowest BCUT2D eigenvalue weighted by atomic mass is 9.99. The molecule has 1 atom stereocenters. The number of aromatic nitrogens is 2. The van der Waals surface area contributed by atoms with Gasteiger partial charge in [-0.3, -0.25) is 14.8 Å². The number of carbonyl (C=O) groups is 1. The van der Waals surface area contributed by atoms with Crippen molar-refractivity contribution in [2.75, 3.05) is 4.90 Å². The number of carbonyl (C=O) groups excluding carboxylic acids is 1. The summed E-state index contributed by atoms with van der Waals surface area (Å²) in [6.07, 6.45) is 0. The molecule has 0 saturated carbocycles. The number of nitrogens with one attached hydrogen (secondary N) is 1. The zero-order valence-corrected chi connectivity index (χ0v) is 15.1. The third kappa shape index (κ3) is 2.36. The van der Waals surface area contributed by atoms with Crippen LogP contribution >= 0.6 is 27.5 Å². The number of anilines is 1. The van der Waals surface area contributed by atoms with Crippen LogP contribution in [0.3, 0.4) is 0 Å². The highest BCUT2D eigenvalue weighted by Crippen LogP contribution is 2.42. The highest BCUT2D eigenvalue weighted by Gasteiger charge is 2.42. The zero-order chi connectivity index (χ0) is 16.8. The highest BCUT2D eigenvalue weighted by molar-refractivity contribution is 9.10. The average molecular weight is 403 g/mol. The van der Waals surface area contributed by atoms with Gasteiger partial charge < -0.3 is 0 Å². The Morgan fingerprint density at radius 1 is 1.12 bits per heavy atom. The van der Waals surface area contributed by atoms with Crippen LogP contribution in [0.2, 0.25) is 5.02 Å². The molecule has 120 valence electrons. The maximum Gasteiger partial charge on any atom is 0.279 e. The van der Waals surface area contributed by atoms with Crippen LogP contribution in [0.5, 0.6) is 0 Å². The topological polar surface area (TPSA) is 49.0 Å². The summed E-state index contributed by atoms with van der Waals surface area (Å²) in [5.41, 5.74) is 4.14. The van der Waals surface area contributed by atoms with Gasteiger partial charge in [-0.15, -0.1) is 0 Å². The third-order valence-electron chi connectivity index (χ3n) is 4.24. The first kappa shape index (κ1) is 15.4. The lowest BCUT2D eigenvalue weighted by Crippen LogP contribution is -2.29. The summed E-state index contributed by atoms with van der Waals surface area (Å²) >= 11 is 9.46. The van der Waals surface area contributed by atoms with Gasteiger partial charge in [-0.05, 0) is 48.9 Å². The van der Waals surface area contributed by atoms with Crippen LogP contribution < -0.4 is 4.90 Å². The lowest BCUT2D eigenvalue weighted by molar-refractivity contribution is 0.0989. The molecule has 0 fully saturated rings. The van der Waals surface area contributed by atoms with Gasteiger partial charge >= 0.3 is 0 Å². The van der Waals surface area contributed by atoms with Crippen LogP contribution in [0.1, 0.15) is 33.4 Å². The maximum absolute atomic E-state index is 13.0. The molecule has 1 aliphatic rings. The Labute approximate surface area is 152 Å². The van der Waals surface area contributed by atoms with Crippen LogP contribution in [0.4, 0.5) is 5.69 Å². The number of aromatic amines is 1. The minimum absolute atomic E-state index is 0.100. The van der Waals surface area contributed by atoms with Gasteiger partial charge in [-0.2, -0.15) is 5.10 Å². The smallest absolute Gasteiger partial charge is 0.279 e. The Morgan fingerprint density at radius 3 is 2.46 bits per heavy atom. The Bertz CT molecular complexity index is 918. The van der Waals surface area contributed by atoms with Gasteiger partial charge in [0.05, 0.1) is 6.04 Å². The van der Waals surface area contributed by atoms with Gasteiger partial charge in [0, 0.05) is 26.4 Å². The Morgan fingerprint density at radius 2 is 1.79 bits per heavy atom. The summed E-state index contributed by atoms with van der Waals surface area (Å²) in [5.74, 6) is -0.100. The number of aryl methyl sites for hydroxylation is 1. The lowest BCUT2D eigenvalue weighted by Gasteiger charge is -2.26. The van der Waals surface area contributed by atoms with E-state index in [-0.39, 0.29) is 11.9 Å². The summed E-state index contributed by atoms with van der Waals surface area (Å²) in [6, 6.07) is 15.1. The summed E-state index contributed by atoms with van der Waals surface area (Å²) < 4.78 is 0.968. The number of nitrogens with zero attached hydrogens (tertiary/aromatic N) is 2. The van der Waals surface area contributed by atoms with Gasteiger partial charge in [0.15, 0.2) is 5.69 Å². The van der Waals surface area contributed by atoms with E-state index < -0.39 is 0 Å². The number of rotatable bonds is 2. The van der Waals surface area contributed by atoms with E-state index >= 15 is 0 Å². The molecule has 0 saturated heterocycles. The minimum atomic E-state index is -0.218. The van der Waals surface area contributed by atoms with Crippen molar-refractivity contribution in [3.8, 4) is 0 Å². The van der Waals surface area contributed by atoms with E-state index in [9.17, 15) is 4.79 Å². The van der Waals surface area contributed by atoms with Crippen molar-refractivity contribution in [1.29, 1.82) is 0 Å². The van der Waals surface area contributed by atoms with E-state index in [1.807, 2.05) is 55.5 Å². The van der Waals surface area contributed by atoms with E-state index in [0.717, 1.165) is 27.0 Å². The number of hydrogen-bond acceptors (Lipinski definition) is 2. The summed E-state index contributed by atoms with van der Waals surface area (Å²) in [4.78, 5) is 14.7. The fraction of sp³-hybridized carbons (Fsp3) is 0.111. The fourth-order valence-corrected chi connectivity index (χ4v) is 3.52. The second kappa shape index (κ2) is 5.76. The van der Waals surface area contributed by atoms with Crippen molar-refractivity contribution in [2.24, 2.45) is 0 Å². The van der Waals surface area contributed by atoms with Gasteiger partial charge in [0.2, 0.25) is 0 Å². The van der Waals surface area contributed by atoms with E-state index in [1.165, 1.54) is 0 Å². The highest BCUT2D eigenvalue weighted by atomic mass is 79.9. The Balaban J connectivity index is 1.89. The predicted molar refractivity (Wildman–Crippen MR) is 97.6 cm³/mol. The van der Waals surface area contributed by atoms with Gasteiger partial charge in [-0.1, -0.05) is 39.7 Å². The zero-order valence-electron chi connectivity index (χ0n) is 12.8. The molecule has 24 heavy (non-hydrogen) atoms. The SMILES string of the molecule is Cc1[nH]nc2c1C(c1ccc(Cl)cc1)N(c1ccc(Br)cc1)C2=O. The van der Waals surface area contributed by atoms with Crippen molar-refractivity contribution in [1.82, 2.24) is 10.2 Å². The largest absolute Gasteiger partial charge is 0.295 e. The van der Waals surface area contributed by atoms with Crippen molar-refractivity contribution in [3.63, 3.8) is 0 Å². The molecule has 0 bridgehead atoms. The molecule has 4 rings (SSSR count). The quantitative estimate of drug-likeness (QED) is 0.664.